The van der Waals surface area contributed by atoms with Crippen LogP contribution in [0.3, 0.4) is 0 Å². The maximum absolute atomic E-state index is 13.0. The Labute approximate surface area is 160 Å². The number of aromatic nitrogens is 1. The van der Waals surface area contributed by atoms with Crippen LogP contribution in [-0.4, -0.2) is 22.8 Å². The first-order valence-electron chi connectivity index (χ1n) is 7.90. The fourth-order valence-electron chi connectivity index (χ4n) is 2.36. The van der Waals surface area contributed by atoms with E-state index in [-0.39, 0.29) is 11.7 Å². The summed E-state index contributed by atoms with van der Waals surface area (Å²) >= 11 is 7.41. The number of benzene rings is 2. The first-order valence-corrected chi connectivity index (χ1v) is 9.16. The van der Waals surface area contributed by atoms with E-state index in [4.69, 9.17) is 11.6 Å². The molecule has 132 valence electrons. The topological polar surface area (TPSA) is 33.2 Å². The van der Waals surface area contributed by atoms with E-state index in [2.05, 4.69) is 4.98 Å². The summed E-state index contributed by atoms with van der Waals surface area (Å²) in [5, 5.41) is 3.29. The Morgan fingerprint density at radius 1 is 1.27 bits per heavy atom. The first kappa shape index (κ1) is 18.3. The molecule has 0 N–H and O–H groups in total. The van der Waals surface area contributed by atoms with Crippen molar-refractivity contribution in [2.24, 2.45) is 0 Å². The number of hydrogen-bond acceptors (Lipinski definition) is 3. The van der Waals surface area contributed by atoms with Crippen molar-refractivity contribution in [3.05, 3.63) is 82.1 Å². The van der Waals surface area contributed by atoms with Crippen molar-refractivity contribution in [1.29, 1.82) is 0 Å². The van der Waals surface area contributed by atoms with Crippen LogP contribution in [0.2, 0.25) is 5.02 Å². The molecule has 0 radical (unpaired) electrons. The predicted molar refractivity (Wildman–Crippen MR) is 104 cm³/mol. The highest BCUT2D eigenvalue weighted by molar-refractivity contribution is 7.13. The van der Waals surface area contributed by atoms with Gasteiger partial charge in [-0.3, -0.25) is 4.79 Å². The van der Waals surface area contributed by atoms with Crippen LogP contribution in [-0.2, 0) is 11.3 Å². The van der Waals surface area contributed by atoms with E-state index in [1.54, 1.807) is 36.2 Å². The molecule has 2 aromatic carbocycles. The number of nitrogens with zero attached hydrogens (tertiary/aromatic N) is 2. The third-order valence-corrected chi connectivity index (χ3v) is 4.84. The van der Waals surface area contributed by atoms with Crippen LogP contribution in [0, 0.1) is 5.82 Å². The van der Waals surface area contributed by atoms with Gasteiger partial charge in [0.1, 0.15) is 10.8 Å². The number of carbonyl (C=O) groups is 1. The van der Waals surface area contributed by atoms with E-state index >= 15 is 0 Å². The van der Waals surface area contributed by atoms with Crippen LogP contribution in [0.25, 0.3) is 16.6 Å². The quantitative estimate of drug-likeness (QED) is 0.559. The molecular formula is C20H16ClFN2OS. The summed E-state index contributed by atoms with van der Waals surface area (Å²) in [5.74, 6) is -0.403. The van der Waals surface area contributed by atoms with Gasteiger partial charge in [0.25, 0.3) is 0 Å². The predicted octanol–water partition coefficient (Wildman–Crippen LogP) is 5.27. The molecule has 26 heavy (non-hydrogen) atoms. The lowest BCUT2D eigenvalue weighted by molar-refractivity contribution is -0.125. The third kappa shape index (κ3) is 4.77. The first-order chi connectivity index (χ1) is 12.5. The smallest absolute Gasteiger partial charge is 0.246 e. The van der Waals surface area contributed by atoms with Gasteiger partial charge >= 0.3 is 0 Å². The van der Waals surface area contributed by atoms with Gasteiger partial charge in [0.15, 0.2) is 0 Å². The molecule has 0 spiro atoms. The van der Waals surface area contributed by atoms with Crippen molar-refractivity contribution < 1.29 is 9.18 Å². The van der Waals surface area contributed by atoms with E-state index in [0.29, 0.717) is 17.3 Å². The summed E-state index contributed by atoms with van der Waals surface area (Å²) in [4.78, 5) is 18.3. The summed E-state index contributed by atoms with van der Waals surface area (Å²) in [6.07, 6.45) is 3.17. The van der Waals surface area contributed by atoms with E-state index in [9.17, 15) is 9.18 Å². The number of carbonyl (C=O) groups excluding carboxylic acids is 1. The lowest BCUT2D eigenvalue weighted by Gasteiger charge is -2.15. The van der Waals surface area contributed by atoms with Crippen molar-refractivity contribution in [3.8, 4) is 10.6 Å². The zero-order valence-corrected chi connectivity index (χ0v) is 15.6. The maximum Gasteiger partial charge on any atom is 0.246 e. The molecule has 1 aromatic heterocycles. The minimum atomic E-state index is -0.279. The second kappa shape index (κ2) is 8.25. The molecule has 1 amide bonds. The lowest BCUT2D eigenvalue weighted by atomic mass is 10.2. The Morgan fingerprint density at radius 2 is 2.04 bits per heavy atom. The zero-order chi connectivity index (χ0) is 18.5. The monoisotopic (exact) mass is 386 g/mol. The molecule has 1 heterocycles. The Kier molecular flexibility index (Phi) is 5.81. The minimum Gasteiger partial charge on any atom is -0.338 e. The average Bonchev–Trinajstić information content (AvgIpc) is 3.09. The largest absolute Gasteiger partial charge is 0.338 e. The van der Waals surface area contributed by atoms with E-state index in [1.807, 2.05) is 23.6 Å². The van der Waals surface area contributed by atoms with Crippen molar-refractivity contribution in [2.75, 3.05) is 7.05 Å². The van der Waals surface area contributed by atoms with Gasteiger partial charge in [-0.2, -0.15) is 0 Å². The van der Waals surface area contributed by atoms with Crippen molar-refractivity contribution in [1.82, 2.24) is 9.88 Å². The van der Waals surface area contributed by atoms with Gasteiger partial charge in [-0.15, -0.1) is 11.3 Å². The molecule has 0 aliphatic heterocycles. The average molecular weight is 387 g/mol. The van der Waals surface area contributed by atoms with Crippen molar-refractivity contribution in [3.63, 3.8) is 0 Å². The summed E-state index contributed by atoms with van der Waals surface area (Å²) < 4.78 is 13.0. The summed E-state index contributed by atoms with van der Waals surface area (Å²) in [6, 6.07) is 13.6. The van der Waals surface area contributed by atoms with Gasteiger partial charge in [-0.25, -0.2) is 9.37 Å². The molecular weight excluding hydrogens is 371 g/mol. The Balaban J connectivity index is 1.64. The van der Waals surface area contributed by atoms with Gasteiger partial charge in [0, 0.05) is 35.6 Å². The number of rotatable bonds is 5. The second-order valence-corrected chi connectivity index (χ2v) is 7.04. The molecule has 0 aliphatic carbocycles. The highest BCUT2D eigenvalue weighted by Crippen LogP contribution is 2.24. The fourth-order valence-corrected chi connectivity index (χ4v) is 3.37. The van der Waals surface area contributed by atoms with Crippen LogP contribution in [0.5, 0.6) is 0 Å². The zero-order valence-electron chi connectivity index (χ0n) is 14.0. The fraction of sp³-hybridized carbons (Fsp3) is 0.100. The van der Waals surface area contributed by atoms with Gasteiger partial charge < -0.3 is 4.90 Å². The van der Waals surface area contributed by atoms with Crippen molar-refractivity contribution in [2.45, 2.75) is 6.54 Å². The molecule has 3 aromatic rings. The lowest BCUT2D eigenvalue weighted by Crippen LogP contribution is -2.24. The SMILES string of the molecule is CN(Cc1cccc(Cl)c1)C(=O)C=Cc1csc(-c2ccc(F)cc2)n1. The summed E-state index contributed by atoms with van der Waals surface area (Å²) in [5.41, 5.74) is 2.51. The molecule has 0 fully saturated rings. The standard InChI is InChI=1S/C20H16ClFN2OS/c1-24(12-14-3-2-4-16(21)11-14)19(25)10-9-18-13-26-20(23-18)15-5-7-17(22)8-6-15/h2-11,13H,12H2,1H3. The number of halogens is 2. The van der Waals surface area contributed by atoms with Gasteiger partial charge in [-0.05, 0) is 48.0 Å². The molecule has 3 rings (SSSR count). The normalized spacial score (nSPS) is 11.0. The number of thiazole rings is 1. The third-order valence-electron chi connectivity index (χ3n) is 3.69. The highest BCUT2D eigenvalue weighted by atomic mass is 35.5. The molecule has 0 unspecified atom stereocenters. The van der Waals surface area contributed by atoms with E-state index in [0.717, 1.165) is 16.1 Å². The van der Waals surface area contributed by atoms with E-state index < -0.39 is 0 Å². The molecule has 0 saturated heterocycles. The van der Waals surface area contributed by atoms with Crippen LogP contribution >= 0.6 is 22.9 Å². The number of amides is 1. The maximum atomic E-state index is 13.0. The van der Waals surface area contributed by atoms with Crippen LogP contribution in [0.1, 0.15) is 11.3 Å². The number of likely N-dealkylation sites (N-methyl/N-ethyl adjacent to an activating group) is 1. The summed E-state index contributed by atoms with van der Waals surface area (Å²) in [7, 11) is 1.73. The van der Waals surface area contributed by atoms with Gasteiger partial charge in [0.05, 0.1) is 5.69 Å². The highest BCUT2D eigenvalue weighted by Gasteiger charge is 2.07. The second-order valence-electron chi connectivity index (χ2n) is 5.74. The molecule has 0 aliphatic rings. The molecule has 0 bridgehead atoms. The van der Waals surface area contributed by atoms with E-state index in [1.165, 1.54) is 29.5 Å². The van der Waals surface area contributed by atoms with Crippen LogP contribution < -0.4 is 0 Å². The molecule has 3 nitrogen and oxygen atoms in total. The molecule has 0 saturated carbocycles. The van der Waals surface area contributed by atoms with Crippen LogP contribution in [0.15, 0.2) is 60.0 Å². The number of hydrogen-bond donors (Lipinski definition) is 0. The van der Waals surface area contributed by atoms with Crippen molar-refractivity contribution >= 4 is 34.9 Å². The molecule has 0 atom stereocenters. The summed E-state index contributed by atoms with van der Waals surface area (Å²) in [6.45, 7) is 0.474. The minimum absolute atomic E-state index is 0.124. The Bertz CT molecular complexity index is 937. The van der Waals surface area contributed by atoms with Gasteiger partial charge in [-0.1, -0.05) is 23.7 Å². The Hall–Kier alpha value is -2.50. The molecule has 6 heteroatoms. The van der Waals surface area contributed by atoms with Crippen LogP contribution in [0.4, 0.5) is 4.39 Å². The Morgan fingerprint density at radius 3 is 2.77 bits per heavy atom. The van der Waals surface area contributed by atoms with Gasteiger partial charge in [0.2, 0.25) is 5.91 Å².